The third kappa shape index (κ3) is 1.39. The van der Waals surface area contributed by atoms with Crippen molar-refractivity contribution in [1.82, 2.24) is 5.32 Å². The molecule has 0 amide bonds. The zero-order chi connectivity index (χ0) is 10.7. The molecule has 4 aliphatic rings. The average Bonchev–Trinajstić information content (AvgIpc) is 2.70. The predicted octanol–water partition coefficient (Wildman–Crippen LogP) is 2.19. The zero-order valence-corrected chi connectivity index (χ0v) is 10.2. The number of nitrogens with one attached hydrogen (secondary N) is 1. The van der Waals surface area contributed by atoms with Crippen LogP contribution in [0.1, 0.15) is 39.0 Å². The Kier molecular flexibility index (Phi) is 2.14. The minimum Gasteiger partial charge on any atom is -0.374 e. The molecule has 2 nitrogen and oxygen atoms in total. The molecule has 0 radical (unpaired) electrons. The van der Waals surface area contributed by atoms with E-state index in [1.165, 1.54) is 25.7 Å². The third-order valence-corrected chi connectivity index (χ3v) is 5.64. The summed E-state index contributed by atoms with van der Waals surface area (Å²) >= 11 is 0. The quantitative estimate of drug-likeness (QED) is 0.789. The van der Waals surface area contributed by atoms with Gasteiger partial charge in [0.25, 0.3) is 0 Å². The van der Waals surface area contributed by atoms with E-state index in [-0.39, 0.29) is 0 Å². The van der Waals surface area contributed by atoms with Crippen molar-refractivity contribution >= 4 is 0 Å². The van der Waals surface area contributed by atoms with Crippen LogP contribution in [-0.2, 0) is 4.74 Å². The van der Waals surface area contributed by atoms with Gasteiger partial charge in [0.05, 0.1) is 12.2 Å². The van der Waals surface area contributed by atoms with Crippen molar-refractivity contribution in [2.75, 3.05) is 6.54 Å². The molecule has 2 bridgehead atoms. The van der Waals surface area contributed by atoms with E-state index in [4.69, 9.17) is 4.74 Å². The minimum atomic E-state index is 0.502. The Morgan fingerprint density at radius 3 is 2.44 bits per heavy atom. The van der Waals surface area contributed by atoms with Crippen molar-refractivity contribution in [2.45, 2.75) is 57.3 Å². The second-order valence-corrected chi connectivity index (χ2v) is 6.57. The maximum atomic E-state index is 5.87. The van der Waals surface area contributed by atoms with Gasteiger partial charge in [-0.05, 0) is 62.7 Å². The predicted molar refractivity (Wildman–Crippen MR) is 63.2 cm³/mol. The number of rotatable bonds is 3. The standard InChI is InChI=1S/C14H23NO/c1-8-2-5-11(16-8)7-15-14-12-9-3-4-10(6-9)13(12)14/h8-15H,2-7H2,1H3. The number of fused-ring (bicyclic) bond motifs is 5. The van der Waals surface area contributed by atoms with Gasteiger partial charge in [-0.3, -0.25) is 0 Å². The second kappa shape index (κ2) is 3.46. The van der Waals surface area contributed by atoms with Gasteiger partial charge in [-0.25, -0.2) is 0 Å². The molecule has 0 aromatic heterocycles. The molecule has 16 heavy (non-hydrogen) atoms. The third-order valence-electron chi connectivity index (χ3n) is 5.64. The largest absolute Gasteiger partial charge is 0.374 e. The fourth-order valence-corrected chi connectivity index (χ4v) is 4.90. The molecule has 1 N–H and O–H groups in total. The second-order valence-electron chi connectivity index (χ2n) is 6.57. The first-order valence-corrected chi connectivity index (χ1v) is 7.22. The van der Waals surface area contributed by atoms with Crippen LogP contribution in [0.5, 0.6) is 0 Å². The van der Waals surface area contributed by atoms with E-state index in [9.17, 15) is 0 Å². The van der Waals surface area contributed by atoms with Gasteiger partial charge in [-0.2, -0.15) is 0 Å². The molecule has 2 heteroatoms. The molecular formula is C14H23NO. The van der Waals surface area contributed by atoms with Crippen molar-refractivity contribution < 1.29 is 4.74 Å². The summed E-state index contributed by atoms with van der Waals surface area (Å²) in [5.41, 5.74) is 0. The SMILES string of the molecule is CC1CCC(CNC2C3C4CCC(C4)C23)O1. The first-order valence-electron chi connectivity index (χ1n) is 7.22. The Morgan fingerprint density at radius 2 is 1.81 bits per heavy atom. The number of hydrogen-bond donors (Lipinski definition) is 1. The summed E-state index contributed by atoms with van der Waals surface area (Å²) in [7, 11) is 0. The fraction of sp³-hybridized carbons (Fsp3) is 1.00. The highest BCUT2D eigenvalue weighted by molar-refractivity contribution is 5.16. The van der Waals surface area contributed by atoms with Crippen molar-refractivity contribution in [2.24, 2.45) is 23.7 Å². The molecule has 4 fully saturated rings. The highest BCUT2D eigenvalue weighted by atomic mass is 16.5. The minimum absolute atomic E-state index is 0.502. The lowest BCUT2D eigenvalue weighted by atomic mass is 10.0. The summed E-state index contributed by atoms with van der Waals surface area (Å²) < 4.78 is 5.87. The van der Waals surface area contributed by atoms with Crippen LogP contribution in [-0.4, -0.2) is 24.8 Å². The summed E-state index contributed by atoms with van der Waals surface area (Å²) in [5, 5.41) is 3.80. The van der Waals surface area contributed by atoms with Crippen LogP contribution in [0.4, 0.5) is 0 Å². The van der Waals surface area contributed by atoms with Crippen LogP contribution in [0.15, 0.2) is 0 Å². The normalized spacial score (nSPS) is 57.9. The van der Waals surface area contributed by atoms with E-state index in [2.05, 4.69) is 12.2 Å². The van der Waals surface area contributed by atoms with Gasteiger partial charge < -0.3 is 10.1 Å². The Labute approximate surface area is 98.1 Å². The molecule has 3 saturated carbocycles. The highest BCUT2D eigenvalue weighted by Gasteiger charge is 2.64. The van der Waals surface area contributed by atoms with E-state index >= 15 is 0 Å². The first-order chi connectivity index (χ1) is 7.83. The zero-order valence-electron chi connectivity index (χ0n) is 10.2. The van der Waals surface area contributed by atoms with E-state index in [1.54, 1.807) is 6.42 Å². The highest BCUT2D eigenvalue weighted by Crippen LogP contribution is 2.65. The van der Waals surface area contributed by atoms with Crippen LogP contribution in [0, 0.1) is 23.7 Å². The summed E-state index contributed by atoms with van der Waals surface area (Å²) in [6.07, 6.45) is 8.15. The van der Waals surface area contributed by atoms with Gasteiger partial charge in [0, 0.05) is 12.6 Å². The van der Waals surface area contributed by atoms with E-state index < -0.39 is 0 Å². The maximum absolute atomic E-state index is 5.87. The number of hydrogen-bond acceptors (Lipinski definition) is 2. The Morgan fingerprint density at radius 1 is 1.06 bits per heavy atom. The van der Waals surface area contributed by atoms with Gasteiger partial charge in [0.2, 0.25) is 0 Å². The lowest BCUT2D eigenvalue weighted by molar-refractivity contribution is 0.0552. The molecule has 1 heterocycles. The van der Waals surface area contributed by atoms with Gasteiger partial charge >= 0.3 is 0 Å². The molecule has 1 aliphatic heterocycles. The van der Waals surface area contributed by atoms with Crippen LogP contribution >= 0.6 is 0 Å². The van der Waals surface area contributed by atoms with Crippen molar-refractivity contribution in [3.8, 4) is 0 Å². The fourth-order valence-electron chi connectivity index (χ4n) is 4.90. The first kappa shape index (κ1) is 9.90. The summed E-state index contributed by atoms with van der Waals surface area (Å²) in [6, 6.07) is 0.880. The van der Waals surface area contributed by atoms with Gasteiger partial charge in [-0.15, -0.1) is 0 Å². The molecule has 6 unspecified atom stereocenters. The van der Waals surface area contributed by atoms with E-state index in [1.807, 2.05) is 0 Å². The molecule has 6 atom stereocenters. The Balaban J connectivity index is 1.28. The summed E-state index contributed by atoms with van der Waals surface area (Å²) in [4.78, 5) is 0. The summed E-state index contributed by atoms with van der Waals surface area (Å²) in [5.74, 6) is 4.32. The molecule has 4 rings (SSSR count). The maximum Gasteiger partial charge on any atom is 0.0704 e. The van der Waals surface area contributed by atoms with Gasteiger partial charge in [0.1, 0.15) is 0 Å². The van der Waals surface area contributed by atoms with Gasteiger partial charge in [0.15, 0.2) is 0 Å². The molecule has 1 saturated heterocycles. The average molecular weight is 221 g/mol. The Hall–Kier alpha value is -0.0800. The molecule has 0 spiro atoms. The topological polar surface area (TPSA) is 21.3 Å². The lowest BCUT2D eigenvalue weighted by Gasteiger charge is -2.14. The molecule has 0 aromatic rings. The molecule has 90 valence electrons. The Bertz CT molecular complexity index is 276. The van der Waals surface area contributed by atoms with Gasteiger partial charge in [-0.1, -0.05) is 0 Å². The van der Waals surface area contributed by atoms with Crippen molar-refractivity contribution in [3.05, 3.63) is 0 Å². The van der Waals surface area contributed by atoms with E-state index in [0.717, 1.165) is 36.3 Å². The van der Waals surface area contributed by atoms with Crippen LogP contribution in [0.2, 0.25) is 0 Å². The van der Waals surface area contributed by atoms with Crippen molar-refractivity contribution in [3.63, 3.8) is 0 Å². The summed E-state index contributed by atoms with van der Waals surface area (Å²) in [6.45, 7) is 3.31. The number of ether oxygens (including phenoxy) is 1. The van der Waals surface area contributed by atoms with Crippen molar-refractivity contribution in [1.29, 1.82) is 0 Å². The van der Waals surface area contributed by atoms with E-state index in [0.29, 0.717) is 12.2 Å². The van der Waals surface area contributed by atoms with Crippen LogP contribution in [0.25, 0.3) is 0 Å². The monoisotopic (exact) mass is 221 g/mol. The lowest BCUT2D eigenvalue weighted by Crippen LogP contribution is -2.31. The molecule has 0 aromatic carbocycles. The smallest absolute Gasteiger partial charge is 0.0704 e. The molecular weight excluding hydrogens is 198 g/mol. The van der Waals surface area contributed by atoms with Crippen LogP contribution in [0.3, 0.4) is 0 Å². The molecule has 3 aliphatic carbocycles. The van der Waals surface area contributed by atoms with Crippen LogP contribution < -0.4 is 5.32 Å².